The van der Waals surface area contributed by atoms with E-state index in [-0.39, 0.29) is 6.04 Å². The van der Waals surface area contributed by atoms with E-state index in [1.165, 1.54) is 6.33 Å². The van der Waals surface area contributed by atoms with Crippen LogP contribution in [0.2, 0.25) is 5.15 Å². The first-order valence-corrected chi connectivity index (χ1v) is 6.72. The van der Waals surface area contributed by atoms with Crippen LogP contribution >= 0.6 is 11.6 Å². The summed E-state index contributed by atoms with van der Waals surface area (Å²) >= 11 is 6.02. The molecule has 100 valence electrons. The van der Waals surface area contributed by atoms with Crippen LogP contribution < -0.4 is 0 Å². The summed E-state index contributed by atoms with van der Waals surface area (Å²) in [6.07, 6.45) is 3.23. The van der Waals surface area contributed by atoms with Gasteiger partial charge in [0.1, 0.15) is 11.8 Å². The Morgan fingerprint density at radius 3 is 2.95 bits per heavy atom. The van der Waals surface area contributed by atoms with E-state index in [4.69, 9.17) is 11.6 Å². The molecule has 0 saturated heterocycles. The number of benzene rings is 1. The average molecular weight is 287 g/mol. The molecule has 1 aliphatic carbocycles. The van der Waals surface area contributed by atoms with E-state index >= 15 is 0 Å². The van der Waals surface area contributed by atoms with Gasteiger partial charge in [0.05, 0.1) is 18.5 Å². The zero-order chi connectivity index (χ0) is 13.7. The maximum Gasteiger partial charge on any atom is 0.165 e. The topological polar surface area (TPSA) is 63.8 Å². The molecule has 0 fully saturated rings. The predicted octanol–water partition coefficient (Wildman–Crippen LogP) is 1.99. The molecular formula is C14H11ClN4O. The van der Waals surface area contributed by atoms with Gasteiger partial charge in [-0.1, -0.05) is 35.9 Å². The lowest BCUT2D eigenvalue weighted by Gasteiger charge is -2.18. The Morgan fingerprint density at radius 2 is 2.05 bits per heavy atom. The third-order valence-corrected chi connectivity index (χ3v) is 4.06. The summed E-state index contributed by atoms with van der Waals surface area (Å²) in [5.41, 5.74) is 3.47. The van der Waals surface area contributed by atoms with Gasteiger partial charge in [0, 0.05) is 6.42 Å². The lowest BCUT2D eigenvalue weighted by atomic mass is 10.1. The first-order chi connectivity index (χ1) is 9.75. The zero-order valence-corrected chi connectivity index (χ0v) is 11.2. The average Bonchev–Trinajstić information content (AvgIpc) is 2.99. The molecule has 0 radical (unpaired) electrons. The number of hydrogen-bond donors (Lipinski definition) is 1. The van der Waals surface area contributed by atoms with E-state index in [0.29, 0.717) is 22.7 Å². The smallest absolute Gasteiger partial charge is 0.165 e. The summed E-state index contributed by atoms with van der Waals surface area (Å²) in [6, 6.07) is 7.86. The van der Waals surface area contributed by atoms with Crippen molar-refractivity contribution < 1.29 is 5.11 Å². The van der Waals surface area contributed by atoms with Crippen LogP contribution in [0.15, 0.2) is 36.9 Å². The largest absolute Gasteiger partial charge is 0.390 e. The van der Waals surface area contributed by atoms with Crippen LogP contribution in [0.3, 0.4) is 0 Å². The molecule has 0 aliphatic heterocycles. The number of aliphatic hydroxyl groups excluding tert-OH is 1. The second kappa shape index (κ2) is 4.26. The lowest BCUT2D eigenvalue weighted by molar-refractivity contribution is 0.145. The fourth-order valence-corrected chi connectivity index (χ4v) is 3.09. The Balaban J connectivity index is 1.94. The summed E-state index contributed by atoms with van der Waals surface area (Å²) in [4.78, 5) is 12.4. The van der Waals surface area contributed by atoms with Gasteiger partial charge < -0.3 is 9.67 Å². The molecule has 1 aliphatic rings. The minimum atomic E-state index is -0.487. The molecule has 0 amide bonds. The zero-order valence-electron chi connectivity index (χ0n) is 10.4. The van der Waals surface area contributed by atoms with Crippen LogP contribution in [0, 0.1) is 0 Å². The summed E-state index contributed by atoms with van der Waals surface area (Å²) in [6.45, 7) is 0. The van der Waals surface area contributed by atoms with Crippen LogP contribution in [-0.4, -0.2) is 30.7 Å². The molecule has 0 spiro atoms. The molecule has 4 rings (SSSR count). The van der Waals surface area contributed by atoms with E-state index in [0.717, 1.165) is 11.1 Å². The minimum absolute atomic E-state index is 0.179. The number of rotatable bonds is 1. The fourth-order valence-electron chi connectivity index (χ4n) is 2.91. The highest BCUT2D eigenvalue weighted by atomic mass is 35.5. The molecule has 0 unspecified atom stereocenters. The van der Waals surface area contributed by atoms with Gasteiger partial charge >= 0.3 is 0 Å². The van der Waals surface area contributed by atoms with Gasteiger partial charge in [0.15, 0.2) is 10.8 Å². The quantitative estimate of drug-likeness (QED) is 0.695. The van der Waals surface area contributed by atoms with Crippen molar-refractivity contribution in [2.45, 2.75) is 18.6 Å². The van der Waals surface area contributed by atoms with Crippen molar-refractivity contribution in [3.63, 3.8) is 0 Å². The molecular weight excluding hydrogens is 276 g/mol. The van der Waals surface area contributed by atoms with Crippen molar-refractivity contribution in [1.82, 2.24) is 19.5 Å². The Hall–Kier alpha value is -1.98. The number of hydrogen-bond acceptors (Lipinski definition) is 4. The first kappa shape index (κ1) is 11.8. The third kappa shape index (κ3) is 1.57. The SMILES string of the molecule is O[C@H]1Cc2ccccc2[C@H]1n1cnc2c(Cl)ncnc21. The third-order valence-electron chi connectivity index (χ3n) is 3.78. The highest BCUT2D eigenvalue weighted by Gasteiger charge is 2.33. The van der Waals surface area contributed by atoms with Crippen LogP contribution in [0.1, 0.15) is 17.2 Å². The molecule has 20 heavy (non-hydrogen) atoms. The fraction of sp³-hybridized carbons (Fsp3) is 0.214. The van der Waals surface area contributed by atoms with Crippen molar-refractivity contribution in [3.8, 4) is 0 Å². The minimum Gasteiger partial charge on any atom is -0.390 e. The molecule has 0 saturated carbocycles. The van der Waals surface area contributed by atoms with Gasteiger partial charge in [-0.05, 0) is 11.1 Å². The van der Waals surface area contributed by atoms with E-state index in [1.54, 1.807) is 6.33 Å². The van der Waals surface area contributed by atoms with E-state index < -0.39 is 6.10 Å². The monoisotopic (exact) mass is 286 g/mol. The van der Waals surface area contributed by atoms with E-state index in [2.05, 4.69) is 15.0 Å². The van der Waals surface area contributed by atoms with Gasteiger partial charge in [0.2, 0.25) is 0 Å². The number of imidazole rings is 1. The van der Waals surface area contributed by atoms with Crippen molar-refractivity contribution in [3.05, 3.63) is 53.2 Å². The van der Waals surface area contributed by atoms with Crippen molar-refractivity contribution >= 4 is 22.8 Å². The second-order valence-corrected chi connectivity index (χ2v) is 5.26. The number of aliphatic hydroxyl groups is 1. The first-order valence-electron chi connectivity index (χ1n) is 6.34. The van der Waals surface area contributed by atoms with Crippen molar-refractivity contribution in [2.75, 3.05) is 0 Å². The Morgan fingerprint density at radius 1 is 1.20 bits per heavy atom. The van der Waals surface area contributed by atoms with Crippen molar-refractivity contribution in [1.29, 1.82) is 0 Å². The Kier molecular flexibility index (Phi) is 2.52. The number of nitrogens with zero attached hydrogens (tertiary/aromatic N) is 4. The van der Waals surface area contributed by atoms with Crippen LogP contribution in [-0.2, 0) is 6.42 Å². The second-order valence-electron chi connectivity index (χ2n) is 4.90. The van der Waals surface area contributed by atoms with Crippen LogP contribution in [0.25, 0.3) is 11.2 Å². The molecule has 2 heterocycles. The molecule has 3 aromatic rings. The van der Waals surface area contributed by atoms with Crippen LogP contribution in [0.4, 0.5) is 0 Å². The predicted molar refractivity (Wildman–Crippen MR) is 74.6 cm³/mol. The van der Waals surface area contributed by atoms with Gasteiger partial charge in [-0.3, -0.25) is 0 Å². The van der Waals surface area contributed by atoms with E-state index in [1.807, 2.05) is 28.8 Å². The Bertz CT molecular complexity index is 801. The summed E-state index contributed by atoms with van der Waals surface area (Å²) in [5.74, 6) is 0. The molecule has 2 atom stereocenters. The van der Waals surface area contributed by atoms with Crippen LogP contribution in [0.5, 0.6) is 0 Å². The lowest BCUT2D eigenvalue weighted by Crippen LogP contribution is -2.20. The van der Waals surface area contributed by atoms with Gasteiger partial charge in [0.25, 0.3) is 0 Å². The normalized spacial score (nSPS) is 21.3. The summed E-state index contributed by atoms with van der Waals surface area (Å²) in [5, 5.41) is 10.7. The van der Waals surface area contributed by atoms with Crippen molar-refractivity contribution in [2.24, 2.45) is 0 Å². The van der Waals surface area contributed by atoms with Gasteiger partial charge in [-0.15, -0.1) is 0 Å². The highest BCUT2D eigenvalue weighted by Crippen LogP contribution is 2.36. The van der Waals surface area contributed by atoms with Gasteiger partial charge in [-0.25, -0.2) is 15.0 Å². The van der Waals surface area contributed by atoms with Gasteiger partial charge in [-0.2, -0.15) is 0 Å². The molecule has 6 heteroatoms. The number of halogens is 1. The maximum absolute atomic E-state index is 10.4. The van der Waals surface area contributed by atoms with E-state index in [9.17, 15) is 5.11 Å². The molecule has 1 aromatic carbocycles. The molecule has 0 bridgehead atoms. The summed E-state index contributed by atoms with van der Waals surface area (Å²) < 4.78 is 1.87. The highest BCUT2D eigenvalue weighted by molar-refractivity contribution is 6.33. The number of aromatic nitrogens is 4. The Labute approximate surface area is 119 Å². The molecule has 2 aromatic heterocycles. The maximum atomic E-state index is 10.4. The standard InChI is InChI=1S/C14H11ClN4O/c15-13-11-14(17-6-16-13)19(7-18-11)12-9-4-2-1-3-8(9)5-10(12)20/h1-4,6-7,10,12,20H,5H2/t10-,12+/m0/s1. The number of fused-ring (bicyclic) bond motifs is 2. The summed E-state index contributed by atoms with van der Waals surface area (Å²) in [7, 11) is 0. The molecule has 1 N–H and O–H groups in total. The molecule has 5 nitrogen and oxygen atoms in total.